The summed E-state index contributed by atoms with van der Waals surface area (Å²) >= 11 is 0. The Morgan fingerprint density at radius 3 is 2.70 bits per heavy atom. The van der Waals surface area contributed by atoms with Crippen molar-refractivity contribution >= 4 is 0 Å². The molecular formula is C17H17F3N6O. The van der Waals surface area contributed by atoms with Crippen LogP contribution >= 0.6 is 0 Å². The largest absolute Gasteiger partial charge is 0.434 e. The van der Waals surface area contributed by atoms with E-state index in [-0.39, 0.29) is 17.5 Å². The minimum atomic E-state index is -4.64. The molecule has 3 heterocycles. The molecule has 0 radical (unpaired) electrons. The molecule has 0 amide bonds. The maximum atomic E-state index is 13.8. The van der Waals surface area contributed by atoms with Crippen LogP contribution in [0.5, 0.6) is 0 Å². The number of halogens is 3. The van der Waals surface area contributed by atoms with Crippen LogP contribution in [0.2, 0.25) is 0 Å². The molecule has 0 bridgehead atoms. The van der Waals surface area contributed by atoms with Crippen molar-refractivity contribution < 1.29 is 17.7 Å². The zero-order valence-electron chi connectivity index (χ0n) is 14.4. The van der Waals surface area contributed by atoms with Gasteiger partial charge in [-0.2, -0.15) is 23.3 Å². The lowest BCUT2D eigenvalue weighted by Gasteiger charge is -2.30. The van der Waals surface area contributed by atoms with Crippen LogP contribution in [-0.2, 0) is 6.18 Å². The van der Waals surface area contributed by atoms with Crippen molar-refractivity contribution in [3.63, 3.8) is 0 Å². The predicted molar refractivity (Wildman–Crippen MR) is 90.1 cm³/mol. The first-order valence-corrected chi connectivity index (χ1v) is 8.40. The molecule has 4 rings (SSSR count). The van der Waals surface area contributed by atoms with Crippen molar-refractivity contribution in [1.82, 2.24) is 30.1 Å². The molecule has 1 aliphatic heterocycles. The molecule has 2 aromatic heterocycles. The molecule has 3 aromatic rings. The number of nitrogens with zero attached hydrogens (tertiary/aromatic N) is 5. The van der Waals surface area contributed by atoms with Gasteiger partial charge in [0.1, 0.15) is 0 Å². The van der Waals surface area contributed by atoms with Crippen LogP contribution in [-0.4, -0.2) is 51.5 Å². The summed E-state index contributed by atoms with van der Waals surface area (Å²) in [5.41, 5.74) is -0.887. The minimum Gasteiger partial charge on any atom is -0.334 e. The maximum Gasteiger partial charge on any atom is 0.434 e. The lowest BCUT2D eigenvalue weighted by molar-refractivity contribution is -0.142. The highest BCUT2D eigenvalue weighted by atomic mass is 19.4. The van der Waals surface area contributed by atoms with Crippen LogP contribution in [0.25, 0.3) is 17.1 Å². The molecule has 1 aliphatic rings. The zero-order valence-corrected chi connectivity index (χ0v) is 14.4. The third-order valence-corrected chi connectivity index (χ3v) is 4.52. The monoisotopic (exact) mass is 378 g/mol. The lowest BCUT2D eigenvalue weighted by atomic mass is 10.2. The first-order chi connectivity index (χ1) is 12.9. The summed E-state index contributed by atoms with van der Waals surface area (Å²) in [4.78, 5) is 6.25. The van der Waals surface area contributed by atoms with Crippen molar-refractivity contribution in [2.75, 3.05) is 26.7 Å². The molecule has 1 unspecified atom stereocenters. The number of piperazine rings is 1. The van der Waals surface area contributed by atoms with Crippen molar-refractivity contribution in [3.8, 4) is 17.1 Å². The van der Waals surface area contributed by atoms with E-state index in [0.717, 1.165) is 24.0 Å². The molecule has 1 saturated heterocycles. The van der Waals surface area contributed by atoms with Crippen LogP contribution in [0.1, 0.15) is 17.6 Å². The van der Waals surface area contributed by atoms with E-state index in [1.807, 2.05) is 11.9 Å². The summed E-state index contributed by atoms with van der Waals surface area (Å²) in [6.45, 7) is 2.22. The molecule has 1 fully saturated rings. The zero-order chi connectivity index (χ0) is 19.0. The highest BCUT2D eigenvalue weighted by Gasteiger charge is 2.40. The standard InChI is InChI=1S/C17H17F3N6O/c1-25-8-7-21-10-13(25)15-23-16(27-24-15)12-9-22-26(14(12)17(18,19)20)11-5-3-2-4-6-11/h2-6,9,13,21H,7-8,10H2,1H3. The predicted octanol–water partition coefficient (Wildman–Crippen LogP) is 2.52. The van der Waals surface area contributed by atoms with Crippen LogP contribution in [0.3, 0.4) is 0 Å². The van der Waals surface area contributed by atoms with Crippen LogP contribution in [0.4, 0.5) is 13.2 Å². The molecule has 10 heteroatoms. The fourth-order valence-corrected chi connectivity index (χ4v) is 3.12. The highest BCUT2D eigenvalue weighted by Crippen LogP contribution is 2.38. The molecule has 0 aliphatic carbocycles. The van der Waals surface area contributed by atoms with Gasteiger partial charge in [-0.3, -0.25) is 4.90 Å². The van der Waals surface area contributed by atoms with E-state index in [2.05, 4.69) is 20.6 Å². The maximum absolute atomic E-state index is 13.8. The Labute approximate surface area is 152 Å². The summed E-state index contributed by atoms with van der Waals surface area (Å²) in [6.07, 6.45) is -3.53. The number of likely N-dealkylation sites (N-methyl/N-ethyl adjacent to an activating group) is 1. The Morgan fingerprint density at radius 2 is 2.00 bits per heavy atom. The third-order valence-electron chi connectivity index (χ3n) is 4.52. The van der Waals surface area contributed by atoms with Crippen molar-refractivity contribution in [3.05, 3.63) is 48.0 Å². The smallest absolute Gasteiger partial charge is 0.334 e. The second-order valence-corrected chi connectivity index (χ2v) is 6.31. The quantitative estimate of drug-likeness (QED) is 0.755. The van der Waals surface area contributed by atoms with Gasteiger partial charge in [-0.15, -0.1) is 0 Å². The van der Waals surface area contributed by atoms with Gasteiger partial charge in [0.05, 0.1) is 23.5 Å². The fraction of sp³-hybridized carbons (Fsp3) is 0.353. The molecule has 142 valence electrons. The van der Waals surface area contributed by atoms with Crippen LogP contribution in [0.15, 0.2) is 41.1 Å². The average molecular weight is 378 g/mol. The Hall–Kier alpha value is -2.72. The Morgan fingerprint density at radius 1 is 1.22 bits per heavy atom. The van der Waals surface area contributed by atoms with Gasteiger partial charge in [0.2, 0.25) is 0 Å². The first-order valence-electron chi connectivity index (χ1n) is 8.40. The highest BCUT2D eigenvalue weighted by molar-refractivity contribution is 5.58. The van der Waals surface area contributed by atoms with Gasteiger partial charge in [0.25, 0.3) is 5.89 Å². The molecule has 1 N–H and O–H groups in total. The molecule has 27 heavy (non-hydrogen) atoms. The van der Waals surface area contributed by atoms with Crippen molar-refractivity contribution in [1.29, 1.82) is 0 Å². The van der Waals surface area contributed by atoms with E-state index in [9.17, 15) is 13.2 Å². The van der Waals surface area contributed by atoms with Gasteiger partial charge in [0, 0.05) is 19.6 Å². The summed E-state index contributed by atoms with van der Waals surface area (Å²) in [7, 11) is 1.91. The molecule has 0 spiro atoms. The second-order valence-electron chi connectivity index (χ2n) is 6.31. The third kappa shape index (κ3) is 3.33. The summed E-state index contributed by atoms with van der Waals surface area (Å²) in [5, 5.41) is 11.0. The van der Waals surface area contributed by atoms with E-state index in [1.165, 1.54) is 0 Å². The molecular weight excluding hydrogens is 361 g/mol. The van der Waals surface area contributed by atoms with E-state index >= 15 is 0 Å². The number of alkyl halides is 3. The Balaban J connectivity index is 1.76. The topological polar surface area (TPSA) is 72.0 Å². The van der Waals surface area contributed by atoms with Crippen LogP contribution < -0.4 is 5.32 Å². The van der Waals surface area contributed by atoms with E-state index in [4.69, 9.17) is 4.52 Å². The minimum absolute atomic E-state index is 0.158. The fourth-order valence-electron chi connectivity index (χ4n) is 3.12. The van der Waals surface area contributed by atoms with Crippen LogP contribution in [0, 0.1) is 0 Å². The lowest BCUT2D eigenvalue weighted by Crippen LogP contribution is -2.44. The Kier molecular flexibility index (Phi) is 4.44. The van der Waals surface area contributed by atoms with Crippen molar-refractivity contribution in [2.24, 2.45) is 0 Å². The average Bonchev–Trinajstić information content (AvgIpc) is 3.29. The van der Waals surface area contributed by atoms with Gasteiger partial charge in [-0.25, -0.2) is 4.68 Å². The van der Waals surface area contributed by atoms with Crippen molar-refractivity contribution in [2.45, 2.75) is 12.2 Å². The second kappa shape index (κ2) is 6.78. The Bertz CT molecular complexity index is 920. The summed E-state index contributed by atoms with van der Waals surface area (Å²) in [6, 6.07) is 7.96. The number of aromatic nitrogens is 4. The molecule has 0 saturated carbocycles. The SMILES string of the molecule is CN1CCNCC1c1noc(-c2cnn(-c3ccccc3)c2C(F)(F)F)n1. The van der Waals surface area contributed by atoms with Gasteiger partial charge >= 0.3 is 6.18 Å². The van der Waals surface area contributed by atoms with Gasteiger partial charge in [-0.1, -0.05) is 23.4 Å². The normalized spacial score (nSPS) is 18.7. The number of hydrogen-bond donors (Lipinski definition) is 1. The number of hydrogen-bond acceptors (Lipinski definition) is 6. The number of benzene rings is 1. The first kappa shape index (κ1) is 17.7. The van der Waals surface area contributed by atoms with E-state index in [0.29, 0.717) is 18.1 Å². The molecule has 7 nitrogen and oxygen atoms in total. The number of nitrogens with one attached hydrogen (secondary N) is 1. The van der Waals surface area contributed by atoms with Gasteiger partial charge in [-0.05, 0) is 19.2 Å². The summed E-state index contributed by atoms with van der Waals surface area (Å²) < 4.78 is 47.3. The van der Waals surface area contributed by atoms with Gasteiger partial charge in [0.15, 0.2) is 11.5 Å². The molecule has 1 atom stereocenters. The number of para-hydroxylation sites is 1. The molecule has 1 aromatic carbocycles. The van der Waals surface area contributed by atoms with E-state index in [1.54, 1.807) is 30.3 Å². The summed E-state index contributed by atoms with van der Waals surface area (Å²) in [5.74, 6) is 0.152. The van der Waals surface area contributed by atoms with E-state index < -0.39 is 11.9 Å². The number of rotatable bonds is 3. The van der Waals surface area contributed by atoms with Gasteiger partial charge < -0.3 is 9.84 Å².